The van der Waals surface area contributed by atoms with Crippen LogP contribution in [0, 0.1) is 12.7 Å². The Bertz CT molecular complexity index is 2020. The number of morpholine rings is 1. The van der Waals surface area contributed by atoms with Crippen LogP contribution >= 0.6 is 0 Å². The third kappa shape index (κ3) is 8.23. The number of nitrogens with one attached hydrogen (secondary N) is 1. The van der Waals surface area contributed by atoms with Crippen LogP contribution < -0.4 is 21.5 Å². The van der Waals surface area contributed by atoms with E-state index < -0.39 is 53.4 Å². The summed E-state index contributed by atoms with van der Waals surface area (Å²) < 4.78 is 64.0. The summed E-state index contributed by atoms with van der Waals surface area (Å²) in [5.41, 5.74) is -0.709. The molecule has 5 rings (SSSR count). The van der Waals surface area contributed by atoms with Crippen molar-refractivity contribution in [3.05, 3.63) is 92.3 Å². The average Bonchev–Trinajstić information content (AvgIpc) is 3.12. The predicted octanol–water partition coefficient (Wildman–Crippen LogP) is 3.73. The topological polar surface area (TPSA) is 132 Å². The van der Waals surface area contributed by atoms with Crippen LogP contribution in [0.4, 0.5) is 23.2 Å². The molecule has 0 unspecified atom stereocenters. The smallest absolute Gasteiger partial charge is 0.377 e. The van der Waals surface area contributed by atoms with Gasteiger partial charge in [0.2, 0.25) is 0 Å². The minimum atomic E-state index is -4.62. The zero-order chi connectivity index (χ0) is 37.7. The number of aromatic nitrogens is 4. The number of nitrogens with zero attached hydrogens (tertiary/aromatic N) is 6. The summed E-state index contributed by atoms with van der Waals surface area (Å²) >= 11 is 0. The van der Waals surface area contributed by atoms with E-state index >= 15 is 4.39 Å². The Morgan fingerprint density at radius 3 is 2.52 bits per heavy atom. The van der Waals surface area contributed by atoms with Crippen LogP contribution in [0.5, 0.6) is 0 Å². The van der Waals surface area contributed by atoms with E-state index in [9.17, 15) is 32.3 Å². The van der Waals surface area contributed by atoms with Crippen LogP contribution in [0.15, 0.2) is 58.5 Å². The fourth-order valence-corrected chi connectivity index (χ4v) is 6.43. The van der Waals surface area contributed by atoms with Gasteiger partial charge < -0.3 is 19.9 Å². The molecule has 1 saturated heterocycles. The minimum Gasteiger partial charge on any atom is -0.377 e. The Morgan fingerprint density at radius 1 is 1.12 bits per heavy atom. The maximum atomic E-state index is 15.6. The normalized spacial score (nSPS) is 15.6. The highest BCUT2D eigenvalue weighted by Crippen LogP contribution is 2.33. The summed E-state index contributed by atoms with van der Waals surface area (Å²) in [5, 5.41) is 2.92. The van der Waals surface area contributed by atoms with Gasteiger partial charge in [-0.2, -0.15) is 13.2 Å². The van der Waals surface area contributed by atoms with Gasteiger partial charge in [-0.05, 0) is 68.4 Å². The Hall–Kier alpha value is -4.96. The second kappa shape index (κ2) is 16.2. The SMILES string of the molecule is CCN(CC)CCCC(=O)[C@H](Cc1ccc(-n2c(=O)c3ccncc3n(C)c2=O)nc1)NC(=O)c1c(C)cc(N2CCOC[C@@H]2C(F)(F)F)cc1F. The fraction of sp³-hybridized carbons (Fsp3) is 0.444. The molecule has 3 aromatic heterocycles. The number of carbonyl (C=O) groups is 2. The Morgan fingerprint density at radius 2 is 1.87 bits per heavy atom. The number of fused-ring (bicyclic) bond motifs is 1. The minimum absolute atomic E-state index is 0.0246. The molecular weight excluding hydrogens is 686 g/mol. The van der Waals surface area contributed by atoms with Crippen molar-refractivity contribution in [2.45, 2.75) is 58.3 Å². The maximum Gasteiger partial charge on any atom is 0.411 e. The van der Waals surface area contributed by atoms with Crippen LogP contribution in [0.1, 0.15) is 48.2 Å². The van der Waals surface area contributed by atoms with Gasteiger partial charge in [0.1, 0.15) is 17.7 Å². The first kappa shape index (κ1) is 38.3. The first-order valence-electron chi connectivity index (χ1n) is 17.0. The highest BCUT2D eigenvalue weighted by Gasteiger charge is 2.45. The summed E-state index contributed by atoms with van der Waals surface area (Å²) in [4.78, 5) is 65.0. The van der Waals surface area contributed by atoms with E-state index in [4.69, 9.17) is 4.74 Å². The number of rotatable bonds is 13. The lowest BCUT2D eigenvalue weighted by molar-refractivity contribution is -0.167. The number of alkyl halides is 3. The molecule has 1 fully saturated rings. The van der Waals surface area contributed by atoms with Crippen LogP contribution in [-0.2, 0) is 23.0 Å². The van der Waals surface area contributed by atoms with Crippen molar-refractivity contribution >= 4 is 28.3 Å². The molecule has 4 heterocycles. The number of aryl methyl sites for hydroxylation is 2. The molecule has 278 valence electrons. The van der Waals surface area contributed by atoms with E-state index in [-0.39, 0.29) is 54.2 Å². The molecular formula is C36H41F4N7O5. The molecule has 16 heteroatoms. The lowest BCUT2D eigenvalue weighted by Crippen LogP contribution is -2.53. The molecule has 52 heavy (non-hydrogen) atoms. The number of ether oxygens (including phenoxy) is 1. The van der Waals surface area contributed by atoms with Gasteiger partial charge in [0.25, 0.3) is 11.5 Å². The van der Waals surface area contributed by atoms with Crippen molar-refractivity contribution in [2.24, 2.45) is 7.05 Å². The lowest BCUT2D eigenvalue weighted by Gasteiger charge is -2.38. The number of Topliss-reactive ketones (excluding diaryl/α,β-unsaturated/α-hetero) is 1. The van der Waals surface area contributed by atoms with Gasteiger partial charge in [-0.25, -0.2) is 18.7 Å². The zero-order valence-electron chi connectivity index (χ0n) is 29.4. The zero-order valence-corrected chi connectivity index (χ0v) is 29.4. The van der Waals surface area contributed by atoms with Gasteiger partial charge >= 0.3 is 11.9 Å². The fourth-order valence-electron chi connectivity index (χ4n) is 6.43. The third-order valence-corrected chi connectivity index (χ3v) is 9.37. The Kier molecular flexibility index (Phi) is 11.9. The van der Waals surface area contributed by atoms with Crippen LogP contribution in [0.2, 0.25) is 0 Å². The molecule has 1 N–H and O–H groups in total. The number of ketones is 1. The second-order valence-electron chi connectivity index (χ2n) is 12.7. The van der Waals surface area contributed by atoms with Crippen molar-refractivity contribution in [1.29, 1.82) is 0 Å². The summed E-state index contributed by atoms with van der Waals surface area (Å²) in [7, 11) is 1.51. The molecule has 1 aromatic carbocycles. The molecule has 1 aliphatic heterocycles. The number of benzene rings is 1. The molecule has 12 nitrogen and oxygen atoms in total. The Labute approximate surface area is 297 Å². The number of pyridine rings is 2. The molecule has 4 aromatic rings. The van der Waals surface area contributed by atoms with Crippen LogP contribution in [0.25, 0.3) is 16.7 Å². The van der Waals surface area contributed by atoms with Crippen molar-refractivity contribution in [3.63, 3.8) is 0 Å². The maximum absolute atomic E-state index is 15.6. The van der Waals surface area contributed by atoms with Crippen LogP contribution in [0.3, 0.4) is 0 Å². The summed E-state index contributed by atoms with van der Waals surface area (Å²) in [6.07, 6.45) is 0.209. The number of hydrogen-bond donors (Lipinski definition) is 1. The van der Waals surface area contributed by atoms with E-state index in [1.165, 1.54) is 55.3 Å². The van der Waals surface area contributed by atoms with Gasteiger partial charge in [0.15, 0.2) is 5.78 Å². The number of hydrogen-bond acceptors (Lipinski definition) is 9. The average molecular weight is 728 g/mol. The molecule has 0 spiro atoms. The number of carbonyl (C=O) groups excluding carboxylic acids is 2. The monoisotopic (exact) mass is 727 g/mol. The van der Waals surface area contributed by atoms with Gasteiger partial charge in [-0.15, -0.1) is 0 Å². The molecule has 0 saturated carbocycles. The van der Waals surface area contributed by atoms with Crippen molar-refractivity contribution in [2.75, 3.05) is 44.3 Å². The molecule has 0 bridgehead atoms. The molecule has 0 aliphatic carbocycles. The number of amides is 1. The summed E-state index contributed by atoms with van der Waals surface area (Å²) in [5.74, 6) is -2.20. The van der Waals surface area contributed by atoms with Crippen molar-refractivity contribution in [3.8, 4) is 5.82 Å². The standard InChI is InChI=1S/C36H41F4N7O5/c1-5-45(6-2)13-7-8-29(48)27(17-23-9-10-31(42-19-23)47-34(50)25-11-12-41-20-28(25)44(4)35(47)51)43-33(49)32-22(3)16-24(18-26(32)37)46-14-15-52-21-30(46)36(38,39)40/h9-12,16,18-20,27,30H,5-8,13-15,17,21H2,1-4H3,(H,43,49)/t27-,30+/m0/s1. The van der Waals surface area contributed by atoms with Gasteiger partial charge in [-0.3, -0.25) is 23.9 Å². The Balaban J connectivity index is 1.41. The second-order valence-corrected chi connectivity index (χ2v) is 12.7. The van der Waals surface area contributed by atoms with E-state index in [2.05, 4.69) is 20.2 Å². The number of halogens is 4. The third-order valence-electron chi connectivity index (χ3n) is 9.37. The van der Waals surface area contributed by atoms with E-state index in [1.807, 2.05) is 13.8 Å². The largest absolute Gasteiger partial charge is 0.411 e. The first-order valence-corrected chi connectivity index (χ1v) is 17.0. The van der Waals surface area contributed by atoms with E-state index in [0.717, 1.165) is 28.6 Å². The molecule has 0 radical (unpaired) electrons. The van der Waals surface area contributed by atoms with Gasteiger partial charge in [-0.1, -0.05) is 19.9 Å². The van der Waals surface area contributed by atoms with E-state index in [0.29, 0.717) is 24.0 Å². The molecule has 2 atom stereocenters. The van der Waals surface area contributed by atoms with E-state index in [1.54, 1.807) is 6.07 Å². The van der Waals surface area contributed by atoms with Gasteiger partial charge in [0.05, 0.1) is 41.9 Å². The quantitative estimate of drug-likeness (QED) is 0.205. The van der Waals surface area contributed by atoms with Crippen molar-refractivity contribution < 1.29 is 31.9 Å². The first-order chi connectivity index (χ1) is 24.7. The highest BCUT2D eigenvalue weighted by atomic mass is 19.4. The highest BCUT2D eigenvalue weighted by molar-refractivity contribution is 5.99. The summed E-state index contributed by atoms with van der Waals surface area (Å²) in [6.45, 7) is 6.98. The number of anilines is 1. The molecule has 1 aliphatic rings. The molecule has 1 amide bonds. The summed E-state index contributed by atoms with van der Waals surface area (Å²) in [6, 6.07) is 3.66. The van der Waals surface area contributed by atoms with Crippen molar-refractivity contribution in [1.82, 2.24) is 29.3 Å². The lowest BCUT2D eigenvalue weighted by atomic mass is 9.98. The predicted molar refractivity (Wildman–Crippen MR) is 187 cm³/mol. The van der Waals surface area contributed by atoms with Gasteiger partial charge in [0, 0.05) is 44.5 Å². The van der Waals surface area contributed by atoms with Crippen LogP contribution in [-0.4, -0.2) is 93.3 Å².